The van der Waals surface area contributed by atoms with E-state index >= 15 is 0 Å². The lowest BCUT2D eigenvalue weighted by Crippen LogP contribution is -1.87. The zero-order valence-corrected chi connectivity index (χ0v) is 15.2. The normalized spacial score (nSPS) is 11.3. The van der Waals surface area contributed by atoms with Gasteiger partial charge in [0.2, 0.25) is 0 Å². The van der Waals surface area contributed by atoms with Crippen molar-refractivity contribution >= 4 is 33.3 Å². The summed E-state index contributed by atoms with van der Waals surface area (Å²) in [6.07, 6.45) is 1.58. The minimum absolute atomic E-state index is 0.236. The van der Waals surface area contributed by atoms with E-state index in [9.17, 15) is 4.39 Å². The molecule has 0 N–H and O–H groups in total. The van der Waals surface area contributed by atoms with Gasteiger partial charge in [0.1, 0.15) is 22.9 Å². The Labute approximate surface area is 152 Å². The topological polar surface area (TPSA) is 51.8 Å². The Morgan fingerprint density at radius 3 is 2.68 bits per heavy atom. The van der Waals surface area contributed by atoms with Crippen molar-refractivity contribution in [2.75, 3.05) is 0 Å². The maximum Gasteiger partial charge on any atom is 0.137 e. The lowest BCUT2D eigenvalue weighted by Gasteiger charge is -2.01. The molecule has 25 heavy (non-hydrogen) atoms. The van der Waals surface area contributed by atoms with Gasteiger partial charge in [-0.05, 0) is 37.6 Å². The summed E-state index contributed by atoms with van der Waals surface area (Å²) in [5.74, 6) is 1.35. The Kier molecular flexibility index (Phi) is 4.27. The first-order valence-electron chi connectivity index (χ1n) is 7.67. The highest BCUT2D eigenvalue weighted by molar-refractivity contribution is 7.98. The molecular weight excluding hydrogens is 357 g/mol. The van der Waals surface area contributed by atoms with Gasteiger partial charge in [-0.1, -0.05) is 29.1 Å². The third-order valence-corrected chi connectivity index (χ3v) is 6.27. The van der Waals surface area contributed by atoms with Gasteiger partial charge in [0, 0.05) is 16.2 Å². The molecule has 0 atom stereocenters. The van der Waals surface area contributed by atoms with Gasteiger partial charge in [-0.25, -0.2) is 14.4 Å². The van der Waals surface area contributed by atoms with E-state index in [0.29, 0.717) is 0 Å². The summed E-state index contributed by atoms with van der Waals surface area (Å²) in [6.45, 7) is 3.86. The highest BCUT2D eigenvalue weighted by atomic mass is 32.2. The molecule has 0 amide bonds. The van der Waals surface area contributed by atoms with Crippen molar-refractivity contribution in [1.82, 2.24) is 15.1 Å². The number of aryl methyl sites for hydroxylation is 2. The van der Waals surface area contributed by atoms with Gasteiger partial charge < -0.3 is 4.52 Å². The van der Waals surface area contributed by atoms with Crippen molar-refractivity contribution in [2.45, 2.75) is 24.6 Å². The van der Waals surface area contributed by atoms with Gasteiger partial charge in [-0.15, -0.1) is 11.3 Å². The minimum Gasteiger partial charge on any atom is -0.361 e. The summed E-state index contributed by atoms with van der Waals surface area (Å²) in [5, 5.41) is 4.93. The second-order valence-corrected chi connectivity index (χ2v) is 7.62. The average molecular weight is 371 g/mol. The Morgan fingerprint density at radius 2 is 1.96 bits per heavy atom. The number of nitrogens with zero attached hydrogens (tertiary/aromatic N) is 3. The van der Waals surface area contributed by atoms with Crippen LogP contribution in [0, 0.1) is 19.7 Å². The number of thioether (sulfide) groups is 1. The minimum atomic E-state index is -0.236. The number of benzene rings is 1. The molecule has 0 saturated heterocycles. The van der Waals surface area contributed by atoms with Crippen LogP contribution in [0.1, 0.15) is 17.0 Å². The molecule has 0 aliphatic carbocycles. The van der Waals surface area contributed by atoms with E-state index in [0.717, 1.165) is 48.5 Å². The van der Waals surface area contributed by atoms with Crippen molar-refractivity contribution in [2.24, 2.45) is 0 Å². The largest absolute Gasteiger partial charge is 0.361 e. The summed E-state index contributed by atoms with van der Waals surface area (Å²) in [6, 6.07) is 8.53. The summed E-state index contributed by atoms with van der Waals surface area (Å²) in [5.41, 5.74) is 3.90. The molecule has 0 radical (unpaired) electrons. The molecule has 0 saturated carbocycles. The van der Waals surface area contributed by atoms with Crippen molar-refractivity contribution in [1.29, 1.82) is 0 Å². The second kappa shape index (κ2) is 6.57. The predicted octanol–water partition coefficient (Wildman–Crippen LogP) is 5.39. The first-order chi connectivity index (χ1) is 12.1. The molecule has 1 aromatic carbocycles. The Balaban J connectivity index is 1.67. The Bertz CT molecular complexity index is 1020. The van der Waals surface area contributed by atoms with Crippen molar-refractivity contribution in [3.63, 3.8) is 0 Å². The van der Waals surface area contributed by atoms with Crippen LogP contribution in [-0.4, -0.2) is 15.1 Å². The van der Waals surface area contributed by atoms with Crippen LogP contribution in [0.2, 0.25) is 0 Å². The maximum atomic E-state index is 13.1. The number of hydrogen-bond donors (Lipinski definition) is 0. The van der Waals surface area contributed by atoms with Gasteiger partial charge in [-0.2, -0.15) is 0 Å². The second-order valence-electron chi connectivity index (χ2n) is 5.60. The first-order valence-corrected chi connectivity index (χ1v) is 9.47. The van der Waals surface area contributed by atoms with Gasteiger partial charge in [0.05, 0.1) is 15.9 Å². The summed E-state index contributed by atoms with van der Waals surface area (Å²) in [4.78, 5) is 9.86. The molecule has 4 nitrogen and oxygen atoms in total. The number of thiophene rings is 1. The summed E-state index contributed by atoms with van der Waals surface area (Å²) in [7, 11) is 0. The molecule has 0 fully saturated rings. The van der Waals surface area contributed by atoms with E-state index in [1.807, 2.05) is 19.9 Å². The van der Waals surface area contributed by atoms with Crippen LogP contribution in [0.15, 0.2) is 46.2 Å². The Hall–Kier alpha value is -2.25. The molecule has 7 heteroatoms. The molecule has 126 valence electrons. The lowest BCUT2D eigenvalue weighted by atomic mass is 10.2. The lowest BCUT2D eigenvalue weighted by molar-refractivity contribution is 0.392. The first kappa shape index (κ1) is 16.2. The Morgan fingerprint density at radius 1 is 1.16 bits per heavy atom. The molecule has 0 spiro atoms. The quantitative estimate of drug-likeness (QED) is 0.355. The average Bonchev–Trinajstić information content (AvgIpc) is 3.18. The zero-order valence-electron chi connectivity index (χ0n) is 13.6. The van der Waals surface area contributed by atoms with Crippen molar-refractivity contribution in [3.8, 4) is 10.4 Å². The van der Waals surface area contributed by atoms with Crippen LogP contribution in [0.4, 0.5) is 4.39 Å². The van der Waals surface area contributed by atoms with Gasteiger partial charge in [0.15, 0.2) is 0 Å². The fourth-order valence-electron chi connectivity index (χ4n) is 2.54. The standard InChI is InChI=1S/C18H14FN3OS2/c1-10-14(11(2)23-22-10)8-24-18-17-15(20-9-21-18)7-16(25-17)12-3-5-13(19)6-4-12/h3-7,9H,8H2,1-2H3. The number of fused-ring (bicyclic) bond motifs is 1. The SMILES string of the molecule is Cc1noc(C)c1CSc1ncnc2cc(-c3ccc(F)cc3)sc12. The van der Waals surface area contributed by atoms with E-state index in [1.165, 1.54) is 12.1 Å². The predicted molar refractivity (Wildman–Crippen MR) is 98.3 cm³/mol. The highest BCUT2D eigenvalue weighted by Crippen LogP contribution is 2.38. The van der Waals surface area contributed by atoms with Crippen molar-refractivity contribution < 1.29 is 8.91 Å². The molecule has 4 rings (SSSR count). The van der Waals surface area contributed by atoms with Crippen LogP contribution >= 0.6 is 23.1 Å². The zero-order chi connectivity index (χ0) is 17.4. The molecule has 0 aliphatic rings. The summed E-state index contributed by atoms with van der Waals surface area (Å²) < 4.78 is 19.4. The van der Waals surface area contributed by atoms with Gasteiger partial charge >= 0.3 is 0 Å². The highest BCUT2D eigenvalue weighted by Gasteiger charge is 2.14. The molecule has 4 aromatic rings. The molecule has 0 unspecified atom stereocenters. The fourth-order valence-corrected chi connectivity index (χ4v) is 4.89. The molecule has 0 aliphatic heterocycles. The van der Waals surface area contributed by atoms with Crippen LogP contribution in [0.5, 0.6) is 0 Å². The number of halogens is 1. The van der Waals surface area contributed by atoms with Crippen molar-refractivity contribution in [3.05, 3.63) is 59.5 Å². The maximum absolute atomic E-state index is 13.1. The van der Waals surface area contributed by atoms with Crippen LogP contribution in [0.25, 0.3) is 20.7 Å². The van der Waals surface area contributed by atoms with Gasteiger partial charge in [-0.3, -0.25) is 0 Å². The molecule has 0 bridgehead atoms. The molecular formula is C18H14FN3OS2. The third-order valence-electron chi connectivity index (χ3n) is 3.94. The number of aromatic nitrogens is 3. The fraction of sp³-hybridized carbons (Fsp3) is 0.167. The van der Waals surface area contributed by atoms with E-state index in [2.05, 4.69) is 15.1 Å². The van der Waals surface area contributed by atoms with E-state index in [1.54, 1.807) is 41.6 Å². The van der Waals surface area contributed by atoms with Crippen LogP contribution in [0.3, 0.4) is 0 Å². The van der Waals surface area contributed by atoms with E-state index in [4.69, 9.17) is 4.52 Å². The molecule has 3 aromatic heterocycles. The van der Waals surface area contributed by atoms with Crippen LogP contribution < -0.4 is 0 Å². The van der Waals surface area contributed by atoms with Gasteiger partial charge in [0.25, 0.3) is 0 Å². The van der Waals surface area contributed by atoms with E-state index < -0.39 is 0 Å². The third kappa shape index (κ3) is 3.17. The number of rotatable bonds is 4. The van der Waals surface area contributed by atoms with Crippen LogP contribution in [-0.2, 0) is 5.75 Å². The smallest absolute Gasteiger partial charge is 0.137 e. The monoisotopic (exact) mass is 371 g/mol. The van der Waals surface area contributed by atoms with E-state index in [-0.39, 0.29) is 5.82 Å². The molecule has 3 heterocycles. The number of hydrogen-bond acceptors (Lipinski definition) is 6. The summed E-state index contributed by atoms with van der Waals surface area (Å²) >= 11 is 3.27.